The van der Waals surface area contributed by atoms with Gasteiger partial charge in [0.25, 0.3) is 0 Å². The maximum atomic E-state index is 5.37. The van der Waals surface area contributed by atoms with Crippen molar-refractivity contribution in [2.75, 3.05) is 0 Å². The summed E-state index contributed by atoms with van der Waals surface area (Å²) in [5.41, 5.74) is 15.5. The molecule has 0 N–H and O–H groups in total. The van der Waals surface area contributed by atoms with Crippen LogP contribution >= 0.6 is 0 Å². The lowest BCUT2D eigenvalue weighted by Crippen LogP contribution is -2.02. The van der Waals surface area contributed by atoms with E-state index < -0.39 is 0 Å². The molecule has 0 radical (unpaired) electrons. The number of hydrogen-bond acceptors (Lipinski definition) is 3. The molecule has 0 aliphatic heterocycles. The predicted octanol–water partition coefficient (Wildman–Crippen LogP) is 11.6. The normalized spacial score (nSPS) is 11.6. The molecule has 0 saturated carbocycles. The van der Waals surface area contributed by atoms with Gasteiger partial charge in [0.1, 0.15) is 17.5 Å². The van der Waals surface area contributed by atoms with Crippen LogP contribution in [0.5, 0.6) is 0 Å². The third-order valence-corrected chi connectivity index (χ3v) is 10.2. The fraction of sp³-hybridized carbons (Fsp3) is 0.0625. The predicted molar refractivity (Wildman–Crippen MR) is 221 cm³/mol. The zero-order valence-electron chi connectivity index (χ0n) is 30.3. The van der Waals surface area contributed by atoms with E-state index in [0.717, 1.165) is 84.3 Å². The third kappa shape index (κ3) is 5.30. The van der Waals surface area contributed by atoms with Gasteiger partial charge in [0, 0.05) is 33.8 Å². The minimum absolute atomic E-state index is 0.848. The van der Waals surface area contributed by atoms with Crippen molar-refractivity contribution in [3.05, 3.63) is 180 Å². The highest BCUT2D eigenvalue weighted by Crippen LogP contribution is 2.39. The Hall–Kier alpha value is -7.05. The quantitative estimate of drug-likeness (QED) is 0.174. The van der Waals surface area contributed by atoms with E-state index >= 15 is 0 Å². The first-order valence-electron chi connectivity index (χ1n) is 18.3. The van der Waals surface area contributed by atoms with Crippen LogP contribution in [0, 0.1) is 20.8 Å². The Morgan fingerprint density at radius 2 is 0.667 bits per heavy atom. The average molecular weight is 697 g/mol. The van der Waals surface area contributed by atoms with Gasteiger partial charge >= 0.3 is 0 Å². The lowest BCUT2D eigenvalue weighted by atomic mass is 10.0. The molecule has 10 aromatic rings. The van der Waals surface area contributed by atoms with Crippen LogP contribution in [0.25, 0.3) is 84.3 Å². The van der Waals surface area contributed by atoms with Crippen molar-refractivity contribution in [2.45, 2.75) is 20.8 Å². The standard InChI is InChI=1S/C48H36N6/c1-31-20-23-43-41(25-31)50-47(52(43)37-13-7-4-8-14-37)35-28-34(46-49-40-22-19-33(3)27-45(40)54(46)39-17-11-6-12-18-39)29-36(30-35)48-51-42-26-32(2)21-24-44(42)53(48)38-15-9-5-10-16-38/h4-30H,1-3H3. The molecule has 54 heavy (non-hydrogen) atoms. The van der Waals surface area contributed by atoms with E-state index in [4.69, 9.17) is 15.0 Å². The van der Waals surface area contributed by atoms with Gasteiger partial charge < -0.3 is 0 Å². The smallest absolute Gasteiger partial charge is 0.145 e. The highest BCUT2D eigenvalue weighted by molar-refractivity contribution is 5.90. The van der Waals surface area contributed by atoms with Gasteiger partial charge in [-0.3, -0.25) is 13.7 Å². The van der Waals surface area contributed by atoms with E-state index in [1.54, 1.807) is 0 Å². The summed E-state index contributed by atoms with van der Waals surface area (Å²) in [5.74, 6) is 2.55. The van der Waals surface area contributed by atoms with Crippen LogP contribution in [0.4, 0.5) is 0 Å². The fourth-order valence-electron chi connectivity index (χ4n) is 7.68. The lowest BCUT2D eigenvalue weighted by Gasteiger charge is -2.15. The molecule has 3 heterocycles. The molecule has 0 bridgehead atoms. The Morgan fingerprint density at radius 1 is 0.315 bits per heavy atom. The van der Waals surface area contributed by atoms with Gasteiger partial charge in [-0.1, -0.05) is 72.8 Å². The van der Waals surface area contributed by atoms with Gasteiger partial charge in [0.05, 0.1) is 33.1 Å². The lowest BCUT2D eigenvalue weighted by molar-refractivity contribution is 1.08. The molecular formula is C48H36N6. The molecule has 0 spiro atoms. The summed E-state index contributed by atoms with van der Waals surface area (Å²) in [4.78, 5) is 16.1. The summed E-state index contributed by atoms with van der Waals surface area (Å²) in [6.07, 6.45) is 0. The van der Waals surface area contributed by atoms with Crippen molar-refractivity contribution in [3.63, 3.8) is 0 Å². The number of benzene rings is 7. The first-order chi connectivity index (χ1) is 26.5. The molecule has 0 atom stereocenters. The fourth-order valence-corrected chi connectivity index (χ4v) is 7.68. The summed E-state index contributed by atoms with van der Waals surface area (Å²) in [5, 5.41) is 0. The van der Waals surface area contributed by atoms with Gasteiger partial charge in [0.15, 0.2) is 0 Å². The molecule has 0 saturated heterocycles. The Bertz CT molecular complexity index is 2830. The highest BCUT2D eigenvalue weighted by atomic mass is 15.1. The maximum absolute atomic E-state index is 5.37. The zero-order valence-corrected chi connectivity index (χ0v) is 30.3. The Labute approximate surface area is 313 Å². The Morgan fingerprint density at radius 3 is 1.09 bits per heavy atom. The molecule has 0 amide bonds. The second kappa shape index (κ2) is 12.6. The van der Waals surface area contributed by atoms with Gasteiger partial charge in [0.2, 0.25) is 0 Å². The number of nitrogens with zero attached hydrogens (tertiary/aromatic N) is 6. The van der Waals surface area contributed by atoms with Crippen LogP contribution in [0.3, 0.4) is 0 Å². The Balaban J connectivity index is 1.32. The first-order valence-corrected chi connectivity index (χ1v) is 18.3. The van der Waals surface area contributed by atoms with Crippen LogP contribution in [0.15, 0.2) is 164 Å². The van der Waals surface area contributed by atoms with Gasteiger partial charge in [-0.05, 0) is 128 Å². The van der Waals surface area contributed by atoms with Crippen molar-refractivity contribution < 1.29 is 0 Å². The van der Waals surface area contributed by atoms with Crippen molar-refractivity contribution in [1.82, 2.24) is 28.7 Å². The molecule has 10 rings (SSSR count). The Kier molecular flexibility index (Phi) is 7.37. The SMILES string of the molecule is Cc1ccc2c(c1)nc(-c1cc(-c3nc4cc(C)ccc4n3-c3ccccc3)cc(-c3nc4ccc(C)cc4n3-c3ccccc3)c1)n2-c1ccccc1. The summed E-state index contributed by atoms with van der Waals surface area (Å²) in [6, 6.07) is 57.7. The van der Waals surface area contributed by atoms with Crippen molar-refractivity contribution in [2.24, 2.45) is 0 Å². The van der Waals surface area contributed by atoms with Gasteiger partial charge in [-0.25, -0.2) is 15.0 Å². The van der Waals surface area contributed by atoms with E-state index in [1.165, 1.54) is 16.7 Å². The topological polar surface area (TPSA) is 53.5 Å². The van der Waals surface area contributed by atoms with Crippen LogP contribution in [-0.2, 0) is 0 Å². The maximum Gasteiger partial charge on any atom is 0.145 e. The second-order valence-electron chi connectivity index (χ2n) is 14.1. The number of fused-ring (bicyclic) bond motifs is 3. The largest absolute Gasteiger partial charge is 0.292 e. The zero-order chi connectivity index (χ0) is 36.3. The van der Waals surface area contributed by atoms with Gasteiger partial charge in [-0.15, -0.1) is 0 Å². The number of imidazole rings is 3. The van der Waals surface area contributed by atoms with E-state index in [2.05, 4.69) is 198 Å². The number of hydrogen-bond donors (Lipinski definition) is 0. The number of aromatic nitrogens is 6. The van der Waals surface area contributed by atoms with E-state index in [-0.39, 0.29) is 0 Å². The molecule has 0 unspecified atom stereocenters. The molecule has 7 aromatic carbocycles. The number of rotatable bonds is 6. The number of aryl methyl sites for hydroxylation is 3. The molecule has 6 nitrogen and oxygen atoms in total. The molecule has 0 aliphatic rings. The van der Waals surface area contributed by atoms with E-state index in [1.807, 2.05) is 0 Å². The van der Waals surface area contributed by atoms with Crippen molar-refractivity contribution in [1.29, 1.82) is 0 Å². The monoisotopic (exact) mass is 696 g/mol. The van der Waals surface area contributed by atoms with Gasteiger partial charge in [-0.2, -0.15) is 0 Å². The molecular weight excluding hydrogens is 661 g/mol. The summed E-state index contributed by atoms with van der Waals surface area (Å²) in [6.45, 7) is 6.36. The average Bonchev–Trinajstić information content (AvgIpc) is 3.90. The van der Waals surface area contributed by atoms with E-state index in [9.17, 15) is 0 Å². The molecule has 0 aliphatic carbocycles. The van der Waals surface area contributed by atoms with Crippen LogP contribution in [0.1, 0.15) is 16.7 Å². The first kappa shape index (κ1) is 31.7. The summed E-state index contributed by atoms with van der Waals surface area (Å²) < 4.78 is 6.81. The highest BCUT2D eigenvalue weighted by Gasteiger charge is 2.23. The van der Waals surface area contributed by atoms with E-state index in [0.29, 0.717) is 0 Å². The molecule has 258 valence electrons. The number of para-hydroxylation sites is 3. The minimum Gasteiger partial charge on any atom is -0.292 e. The second-order valence-corrected chi connectivity index (χ2v) is 14.1. The summed E-state index contributed by atoms with van der Waals surface area (Å²) >= 11 is 0. The molecule has 3 aromatic heterocycles. The van der Waals surface area contributed by atoms with Crippen molar-refractivity contribution >= 4 is 33.1 Å². The molecule has 6 heteroatoms. The molecule has 0 fully saturated rings. The summed E-state index contributed by atoms with van der Waals surface area (Å²) in [7, 11) is 0. The third-order valence-electron chi connectivity index (χ3n) is 10.2. The van der Waals surface area contributed by atoms with Crippen LogP contribution < -0.4 is 0 Å². The van der Waals surface area contributed by atoms with Crippen molar-refractivity contribution in [3.8, 4) is 51.2 Å². The minimum atomic E-state index is 0.848. The van der Waals surface area contributed by atoms with Crippen LogP contribution in [-0.4, -0.2) is 28.7 Å². The van der Waals surface area contributed by atoms with Crippen LogP contribution in [0.2, 0.25) is 0 Å².